The lowest BCUT2D eigenvalue weighted by Crippen LogP contribution is -2.16. The van der Waals surface area contributed by atoms with Crippen LogP contribution in [0.1, 0.15) is 10.4 Å². The lowest BCUT2D eigenvalue weighted by atomic mass is 10.1. The molecule has 3 aromatic carbocycles. The average molecular weight is 375 g/mol. The molecule has 0 saturated heterocycles. The second-order valence-corrected chi connectivity index (χ2v) is 6.11. The quantitative estimate of drug-likeness (QED) is 0.510. The highest BCUT2D eigenvalue weighted by Crippen LogP contribution is 2.35. The summed E-state index contributed by atoms with van der Waals surface area (Å²) >= 11 is 0. The van der Waals surface area contributed by atoms with Crippen LogP contribution in [0.25, 0.3) is 22.5 Å². The minimum absolute atomic E-state index is 0.352. The van der Waals surface area contributed by atoms with Crippen molar-refractivity contribution >= 4 is 11.6 Å². The monoisotopic (exact) mass is 375 g/mol. The lowest BCUT2D eigenvalue weighted by Gasteiger charge is -2.10. The first-order chi connectivity index (χ1) is 13.6. The number of anilines is 1. The molecule has 0 radical (unpaired) electrons. The molecule has 4 nitrogen and oxygen atoms in total. The molecular weight excluding hydrogens is 360 g/mol. The second-order valence-electron chi connectivity index (χ2n) is 6.11. The van der Waals surface area contributed by atoms with Gasteiger partial charge in [-0.3, -0.25) is 9.89 Å². The minimum atomic E-state index is -0.927. The molecule has 1 amide bonds. The number of carbonyl (C=O) groups excluding carboxylic acids is 1. The van der Waals surface area contributed by atoms with Gasteiger partial charge in [0.15, 0.2) is 0 Å². The number of hydrogen-bond donors (Lipinski definition) is 2. The van der Waals surface area contributed by atoms with Crippen LogP contribution in [-0.4, -0.2) is 16.1 Å². The highest BCUT2D eigenvalue weighted by Gasteiger charge is 2.22. The molecule has 28 heavy (non-hydrogen) atoms. The Kier molecular flexibility index (Phi) is 4.68. The smallest absolute Gasteiger partial charge is 0.261 e. The number of aromatic amines is 1. The number of nitrogens with one attached hydrogen (secondary N) is 2. The van der Waals surface area contributed by atoms with Crippen molar-refractivity contribution in [3.05, 3.63) is 96.1 Å². The van der Waals surface area contributed by atoms with Crippen LogP contribution in [0, 0.1) is 11.6 Å². The van der Waals surface area contributed by atoms with E-state index in [-0.39, 0.29) is 0 Å². The summed E-state index contributed by atoms with van der Waals surface area (Å²) in [6.07, 6.45) is 0. The number of aromatic nitrogens is 2. The number of carbonyl (C=O) groups is 1. The summed E-state index contributed by atoms with van der Waals surface area (Å²) in [5.41, 5.74) is 2.27. The molecule has 4 rings (SSSR count). The molecule has 0 atom stereocenters. The first kappa shape index (κ1) is 17.6. The molecule has 0 aliphatic rings. The van der Waals surface area contributed by atoms with Crippen molar-refractivity contribution in [2.24, 2.45) is 0 Å². The van der Waals surface area contributed by atoms with Gasteiger partial charge in [-0.15, -0.1) is 0 Å². The van der Waals surface area contributed by atoms with Crippen LogP contribution in [0.15, 0.2) is 78.9 Å². The van der Waals surface area contributed by atoms with Crippen molar-refractivity contribution in [2.45, 2.75) is 0 Å². The van der Waals surface area contributed by atoms with E-state index in [1.54, 1.807) is 0 Å². The summed E-state index contributed by atoms with van der Waals surface area (Å²) in [5, 5.41) is 9.89. The Morgan fingerprint density at radius 3 is 1.96 bits per heavy atom. The van der Waals surface area contributed by atoms with Crippen LogP contribution in [0.5, 0.6) is 0 Å². The van der Waals surface area contributed by atoms with Crippen LogP contribution in [0.2, 0.25) is 0 Å². The fraction of sp³-hybridized carbons (Fsp3) is 0. The number of rotatable bonds is 4. The Bertz CT molecular complexity index is 1050. The molecule has 1 aromatic heterocycles. The van der Waals surface area contributed by atoms with Gasteiger partial charge in [-0.25, -0.2) is 8.78 Å². The highest BCUT2D eigenvalue weighted by atomic mass is 19.1. The van der Waals surface area contributed by atoms with Gasteiger partial charge in [-0.2, -0.15) is 5.10 Å². The van der Waals surface area contributed by atoms with E-state index in [4.69, 9.17) is 0 Å². The van der Waals surface area contributed by atoms with E-state index < -0.39 is 23.1 Å². The summed E-state index contributed by atoms with van der Waals surface area (Å²) in [7, 11) is 0. The van der Waals surface area contributed by atoms with Crippen LogP contribution in [-0.2, 0) is 0 Å². The summed E-state index contributed by atoms with van der Waals surface area (Å²) in [4.78, 5) is 12.7. The molecule has 6 heteroatoms. The lowest BCUT2D eigenvalue weighted by molar-refractivity contribution is 0.101. The van der Waals surface area contributed by atoms with Gasteiger partial charge in [0, 0.05) is 11.1 Å². The maximum Gasteiger partial charge on any atom is 0.261 e. The van der Waals surface area contributed by atoms with Crippen molar-refractivity contribution in [3.8, 4) is 22.5 Å². The van der Waals surface area contributed by atoms with E-state index in [2.05, 4.69) is 15.5 Å². The summed E-state index contributed by atoms with van der Waals surface area (Å²) in [5.74, 6) is -2.74. The fourth-order valence-corrected chi connectivity index (χ4v) is 2.97. The van der Waals surface area contributed by atoms with Gasteiger partial charge in [0.1, 0.15) is 22.9 Å². The van der Waals surface area contributed by atoms with Crippen LogP contribution < -0.4 is 5.32 Å². The molecule has 4 aromatic rings. The van der Waals surface area contributed by atoms with Gasteiger partial charge in [-0.1, -0.05) is 66.7 Å². The largest absolute Gasteiger partial charge is 0.318 e. The first-order valence-electron chi connectivity index (χ1n) is 8.59. The van der Waals surface area contributed by atoms with Gasteiger partial charge in [0.05, 0.1) is 11.4 Å². The average Bonchev–Trinajstić information content (AvgIpc) is 3.12. The standard InChI is InChI=1S/C22H15F2N3O/c23-16-12-7-13-17(24)18(16)22(28)25-21-19(14-8-3-1-4-9-14)26-27-20(21)15-10-5-2-6-11-15/h1-13H,(H,25,28)(H,26,27). The third-order valence-electron chi connectivity index (χ3n) is 4.30. The van der Waals surface area contributed by atoms with Crippen molar-refractivity contribution in [1.82, 2.24) is 10.2 Å². The van der Waals surface area contributed by atoms with E-state index in [0.717, 1.165) is 23.3 Å². The number of amides is 1. The van der Waals surface area contributed by atoms with E-state index in [1.807, 2.05) is 60.7 Å². The molecule has 0 aliphatic heterocycles. The second kappa shape index (κ2) is 7.44. The molecule has 0 saturated carbocycles. The minimum Gasteiger partial charge on any atom is -0.318 e. The number of H-pyrrole nitrogens is 1. The Morgan fingerprint density at radius 2 is 1.36 bits per heavy atom. The van der Waals surface area contributed by atoms with E-state index in [9.17, 15) is 13.6 Å². The van der Waals surface area contributed by atoms with Crippen molar-refractivity contribution in [3.63, 3.8) is 0 Å². The summed E-state index contributed by atoms with van der Waals surface area (Å²) in [6.45, 7) is 0. The molecule has 2 N–H and O–H groups in total. The zero-order valence-corrected chi connectivity index (χ0v) is 14.6. The summed E-state index contributed by atoms with van der Waals surface area (Å²) < 4.78 is 28.1. The van der Waals surface area contributed by atoms with E-state index in [0.29, 0.717) is 17.1 Å². The summed E-state index contributed by atoms with van der Waals surface area (Å²) in [6, 6.07) is 21.8. The van der Waals surface area contributed by atoms with Gasteiger partial charge in [-0.05, 0) is 12.1 Å². The van der Waals surface area contributed by atoms with Gasteiger partial charge in [0.2, 0.25) is 0 Å². The third-order valence-corrected chi connectivity index (χ3v) is 4.30. The van der Waals surface area contributed by atoms with Crippen molar-refractivity contribution in [2.75, 3.05) is 5.32 Å². The van der Waals surface area contributed by atoms with Crippen molar-refractivity contribution in [1.29, 1.82) is 0 Å². The molecule has 0 bridgehead atoms. The van der Waals surface area contributed by atoms with E-state index in [1.165, 1.54) is 6.07 Å². The van der Waals surface area contributed by atoms with Crippen LogP contribution in [0.3, 0.4) is 0 Å². The number of hydrogen-bond acceptors (Lipinski definition) is 2. The molecule has 0 unspecified atom stereocenters. The number of halogens is 2. The maximum atomic E-state index is 14.1. The molecular formula is C22H15F2N3O. The predicted molar refractivity (Wildman–Crippen MR) is 104 cm³/mol. The Balaban J connectivity index is 1.82. The maximum absolute atomic E-state index is 14.1. The third kappa shape index (κ3) is 3.27. The molecule has 0 aliphatic carbocycles. The number of benzene rings is 3. The zero-order chi connectivity index (χ0) is 19.5. The van der Waals surface area contributed by atoms with Crippen LogP contribution >= 0.6 is 0 Å². The first-order valence-corrected chi connectivity index (χ1v) is 8.59. The van der Waals surface area contributed by atoms with Gasteiger partial charge in [0.25, 0.3) is 5.91 Å². The molecule has 0 fully saturated rings. The Labute approximate surface area is 159 Å². The van der Waals surface area contributed by atoms with Crippen LogP contribution in [0.4, 0.5) is 14.5 Å². The predicted octanol–water partition coefficient (Wildman–Crippen LogP) is 5.27. The van der Waals surface area contributed by atoms with Crippen molar-refractivity contribution < 1.29 is 13.6 Å². The number of nitrogens with zero attached hydrogens (tertiary/aromatic N) is 1. The normalized spacial score (nSPS) is 10.6. The fourth-order valence-electron chi connectivity index (χ4n) is 2.97. The molecule has 1 heterocycles. The van der Waals surface area contributed by atoms with E-state index >= 15 is 0 Å². The molecule has 138 valence electrons. The Hall–Kier alpha value is -3.80. The zero-order valence-electron chi connectivity index (χ0n) is 14.6. The Morgan fingerprint density at radius 1 is 0.786 bits per heavy atom. The van der Waals surface area contributed by atoms with Gasteiger partial charge < -0.3 is 5.32 Å². The topological polar surface area (TPSA) is 57.8 Å². The van der Waals surface area contributed by atoms with Gasteiger partial charge >= 0.3 is 0 Å². The highest BCUT2D eigenvalue weighted by molar-refractivity contribution is 6.08. The SMILES string of the molecule is O=C(Nc1c(-c2ccccc2)n[nH]c1-c1ccccc1)c1c(F)cccc1F. The molecule has 0 spiro atoms.